The fourth-order valence-corrected chi connectivity index (χ4v) is 3.82. The lowest BCUT2D eigenvalue weighted by molar-refractivity contribution is 0.523. The van der Waals surface area contributed by atoms with Crippen LogP contribution in [0.15, 0.2) is 28.1 Å². The number of nitrogens with zero attached hydrogens (tertiary/aromatic N) is 1. The Hall–Kier alpha value is 0.0200. The maximum atomic E-state index is 4.60. The molecule has 20 heavy (non-hydrogen) atoms. The minimum atomic E-state index is 0.320. The third-order valence-corrected chi connectivity index (χ3v) is 5.35. The van der Waals surface area contributed by atoms with E-state index in [1.807, 2.05) is 0 Å². The van der Waals surface area contributed by atoms with Crippen LogP contribution in [0, 0.1) is 10.5 Å². The van der Waals surface area contributed by atoms with Gasteiger partial charge in [-0.15, -0.1) is 11.3 Å². The fraction of sp³-hybridized carbons (Fsp3) is 0.400. The van der Waals surface area contributed by atoms with Gasteiger partial charge in [0.2, 0.25) is 0 Å². The van der Waals surface area contributed by atoms with Crippen LogP contribution in [0.2, 0.25) is 0 Å². The summed E-state index contributed by atoms with van der Waals surface area (Å²) in [6.45, 7) is 5.28. The number of hydrogen-bond acceptors (Lipinski definition) is 3. The largest absolute Gasteiger partial charge is 0.310 e. The van der Waals surface area contributed by atoms with Crippen molar-refractivity contribution >= 4 is 49.9 Å². The zero-order valence-corrected chi connectivity index (χ0v) is 16.2. The summed E-state index contributed by atoms with van der Waals surface area (Å²) in [4.78, 5) is 4.60. The van der Waals surface area contributed by atoms with Gasteiger partial charge in [0.15, 0.2) is 0 Å². The number of nitrogens with one attached hydrogen (secondary N) is 1. The predicted octanol–water partition coefficient (Wildman–Crippen LogP) is 5.10. The summed E-state index contributed by atoms with van der Waals surface area (Å²) in [5, 5.41) is 6.96. The van der Waals surface area contributed by atoms with Crippen LogP contribution in [-0.2, 0) is 6.42 Å². The highest BCUT2D eigenvalue weighted by molar-refractivity contribution is 14.1. The van der Waals surface area contributed by atoms with Crippen LogP contribution in [0.3, 0.4) is 0 Å². The minimum absolute atomic E-state index is 0.320. The molecule has 0 aliphatic rings. The van der Waals surface area contributed by atoms with E-state index in [-0.39, 0.29) is 0 Å². The minimum Gasteiger partial charge on any atom is -0.310 e. The van der Waals surface area contributed by atoms with E-state index in [9.17, 15) is 0 Å². The van der Waals surface area contributed by atoms with Gasteiger partial charge in [-0.3, -0.25) is 0 Å². The Morgan fingerprint density at radius 2 is 2.25 bits per heavy atom. The van der Waals surface area contributed by atoms with Gasteiger partial charge in [0.25, 0.3) is 0 Å². The SMILES string of the molecule is CCCNC(Cc1csc(C)n1)c1cc(Br)ccc1I. The highest BCUT2D eigenvalue weighted by Gasteiger charge is 2.16. The van der Waals surface area contributed by atoms with E-state index in [1.165, 1.54) is 14.8 Å². The Morgan fingerprint density at radius 1 is 1.45 bits per heavy atom. The Bertz CT molecular complexity index is 571. The molecule has 2 rings (SSSR count). The molecule has 2 aromatic rings. The first-order valence-corrected chi connectivity index (χ1v) is 9.44. The van der Waals surface area contributed by atoms with Crippen LogP contribution in [0.5, 0.6) is 0 Å². The lowest BCUT2D eigenvalue weighted by Gasteiger charge is -2.20. The molecule has 0 aliphatic carbocycles. The molecule has 0 radical (unpaired) electrons. The van der Waals surface area contributed by atoms with Crippen LogP contribution in [0.25, 0.3) is 0 Å². The van der Waals surface area contributed by atoms with E-state index in [1.54, 1.807) is 11.3 Å². The van der Waals surface area contributed by atoms with Crippen molar-refractivity contribution in [3.63, 3.8) is 0 Å². The molecular formula is C15H18BrIN2S. The van der Waals surface area contributed by atoms with Gasteiger partial charge in [0.05, 0.1) is 10.7 Å². The first-order chi connectivity index (χ1) is 9.60. The lowest BCUT2D eigenvalue weighted by Crippen LogP contribution is -2.25. The Balaban J connectivity index is 2.24. The van der Waals surface area contributed by atoms with Crippen LogP contribution >= 0.6 is 49.9 Å². The third kappa shape index (κ3) is 4.51. The van der Waals surface area contributed by atoms with E-state index < -0.39 is 0 Å². The molecule has 1 unspecified atom stereocenters. The molecule has 0 bridgehead atoms. The smallest absolute Gasteiger partial charge is 0.0897 e. The standard InChI is InChI=1S/C15H18BrIN2S/c1-3-6-18-15(8-12-9-20-10(2)19-12)13-7-11(16)4-5-14(13)17/h4-5,7,9,15,18H,3,6,8H2,1-2H3. The number of rotatable bonds is 6. The Labute approximate surface area is 146 Å². The molecule has 1 aromatic heterocycles. The average Bonchev–Trinajstić information content (AvgIpc) is 2.83. The molecule has 0 amide bonds. The predicted molar refractivity (Wildman–Crippen MR) is 98.4 cm³/mol. The second kappa shape index (κ2) is 7.87. The van der Waals surface area contributed by atoms with E-state index in [0.717, 1.165) is 28.9 Å². The van der Waals surface area contributed by atoms with E-state index in [4.69, 9.17) is 0 Å². The molecule has 1 N–H and O–H groups in total. The number of hydrogen-bond donors (Lipinski definition) is 1. The van der Waals surface area contributed by atoms with Crippen molar-refractivity contribution in [2.45, 2.75) is 32.7 Å². The topological polar surface area (TPSA) is 24.9 Å². The lowest BCUT2D eigenvalue weighted by atomic mass is 10.0. The van der Waals surface area contributed by atoms with E-state index in [2.05, 4.69) is 86.2 Å². The van der Waals surface area contributed by atoms with Crippen molar-refractivity contribution in [2.75, 3.05) is 6.54 Å². The molecule has 0 saturated heterocycles. The van der Waals surface area contributed by atoms with Crippen LogP contribution in [0.1, 0.15) is 35.7 Å². The molecule has 1 atom stereocenters. The summed E-state index contributed by atoms with van der Waals surface area (Å²) in [6.07, 6.45) is 2.08. The van der Waals surface area contributed by atoms with Gasteiger partial charge in [0, 0.05) is 25.9 Å². The molecule has 1 aromatic carbocycles. The maximum Gasteiger partial charge on any atom is 0.0897 e. The Kier molecular flexibility index (Phi) is 6.45. The first kappa shape index (κ1) is 16.4. The second-order valence-corrected chi connectivity index (χ2v) is 7.87. The van der Waals surface area contributed by atoms with Gasteiger partial charge >= 0.3 is 0 Å². The average molecular weight is 465 g/mol. The van der Waals surface area contributed by atoms with Gasteiger partial charge in [-0.05, 0) is 66.2 Å². The van der Waals surface area contributed by atoms with E-state index in [0.29, 0.717) is 6.04 Å². The summed E-state index contributed by atoms with van der Waals surface area (Å²) >= 11 is 7.71. The van der Waals surface area contributed by atoms with Crippen LogP contribution < -0.4 is 5.32 Å². The van der Waals surface area contributed by atoms with Crippen molar-refractivity contribution in [3.05, 3.63) is 47.9 Å². The molecule has 0 aliphatic heterocycles. The molecular weight excluding hydrogens is 447 g/mol. The summed E-state index contributed by atoms with van der Waals surface area (Å²) in [5.74, 6) is 0. The monoisotopic (exact) mass is 464 g/mol. The fourth-order valence-electron chi connectivity index (χ4n) is 2.10. The van der Waals surface area contributed by atoms with Crippen molar-refractivity contribution in [1.29, 1.82) is 0 Å². The maximum absolute atomic E-state index is 4.60. The number of benzene rings is 1. The summed E-state index contributed by atoms with van der Waals surface area (Å²) in [7, 11) is 0. The number of thiazole rings is 1. The molecule has 0 spiro atoms. The van der Waals surface area contributed by atoms with Crippen LogP contribution in [-0.4, -0.2) is 11.5 Å². The van der Waals surface area contributed by atoms with Crippen molar-refractivity contribution < 1.29 is 0 Å². The van der Waals surface area contributed by atoms with Gasteiger partial charge in [-0.1, -0.05) is 22.9 Å². The van der Waals surface area contributed by atoms with Gasteiger partial charge in [-0.25, -0.2) is 4.98 Å². The zero-order chi connectivity index (χ0) is 14.5. The number of aryl methyl sites for hydroxylation is 1. The zero-order valence-electron chi connectivity index (χ0n) is 11.6. The normalized spacial score (nSPS) is 12.6. The highest BCUT2D eigenvalue weighted by atomic mass is 127. The van der Waals surface area contributed by atoms with Crippen LogP contribution in [0.4, 0.5) is 0 Å². The highest BCUT2D eigenvalue weighted by Crippen LogP contribution is 2.27. The second-order valence-electron chi connectivity index (χ2n) is 4.73. The number of halogens is 2. The number of aromatic nitrogens is 1. The molecule has 108 valence electrons. The van der Waals surface area contributed by atoms with Gasteiger partial charge < -0.3 is 5.32 Å². The van der Waals surface area contributed by atoms with Gasteiger partial charge in [0.1, 0.15) is 0 Å². The van der Waals surface area contributed by atoms with Crippen molar-refractivity contribution in [1.82, 2.24) is 10.3 Å². The Morgan fingerprint density at radius 3 is 2.90 bits per heavy atom. The van der Waals surface area contributed by atoms with Gasteiger partial charge in [-0.2, -0.15) is 0 Å². The molecule has 0 fully saturated rings. The molecule has 2 nitrogen and oxygen atoms in total. The summed E-state index contributed by atoms with van der Waals surface area (Å²) in [5.41, 5.74) is 2.52. The molecule has 1 heterocycles. The third-order valence-electron chi connectivity index (χ3n) is 3.05. The van der Waals surface area contributed by atoms with E-state index >= 15 is 0 Å². The molecule has 0 saturated carbocycles. The van der Waals surface area contributed by atoms with Crippen molar-refractivity contribution in [3.8, 4) is 0 Å². The first-order valence-electron chi connectivity index (χ1n) is 6.69. The summed E-state index contributed by atoms with van der Waals surface area (Å²) in [6, 6.07) is 6.79. The van der Waals surface area contributed by atoms with Crippen molar-refractivity contribution in [2.24, 2.45) is 0 Å². The quantitative estimate of drug-likeness (QED) is 0.601. The summed E-state index contributed by atoms with van der Waals surface area (Å²) < 4.78 is 2.43. The molecule has 5 heteroatoms.